The Morgan fingerprint density at radius 1 is 1.52 bits per heavy atom. The molecule has 2 rings (SSSR count). The van der Waals surface area contributed by atoms with E-state index >= 15 is 0 Å². The molecule has 0 bridgehead atoms. The van der Waals surface area contributed by atoms with E-state index in [1.54, 1.807) is 24.1 Å². The summed E-state index contributed by atoms with van der Waals surface area (Å²) in [6.07, 6.45) is 3.10. The number of methoxy groups -OCH3 is 1. The first-order chi connectivity index (χ1) is 9.96. The van der Waals surface area contributed by atoms with Crippen LogP contribution in [-0.2, 0) is 27.8 Å². The number of aromatic nitrogens is 2. The lowest BCUT2D eigenvalue weighted by molar-refractivity contribution is 0.183. The Balaban J connectivity index is 2.14. The number of nitrogens with one attached hydrogen (secondary N) is 1. The predicted molar refractivity (Wildman–Crippen MR) is 81.9 cm³/mol. The molecule has 9 heteroatoms. The standard InChI is InChI=1S/C12H18N4O3S2/c1-9-5-12(20-11(9)6-13)21(17,18)15-10-7-14-16(8-10)3-4-19-2/h5,7-8,15H,3-4,6,13H2,1-2H3. The fourth-order valence-electron chi connectivity index (χ4n) is 1.75. The highest BCUT2D eigenvalue weighted by atomic mass is 32.2. The number of hydrogen-bond acceptors (Lipinski definition) is 6. The average Bonchev–Trinajstić information content (AvgIpc) is 3.02. The van der Waals surface area contributed by atoms with Crippen LogP contribution in [0.2, 0.25) is 0 Å². The number of nitrogens with two attached hydrogens (primary N) is 1. The smallest absolute Gasteiger partial charge is 0.271 e. The molecule has 116 valence electrons. The van der Waals surface area contributed by atoms with Crippen LogP contribution in [0.25, 0.3) is 0 Å². The third kappa shape index (κ3) is 3.82. The van der Waals surface area contributed by atoms with Gasteiger partial charge in [0, 0.05) is 24.7 Å². The molecule has 0 saturated heterocycles. The summed E-state index contributed by atoms with van der Waals surface area (Å²) in [5, 5.41) is 4.06. The van der Waals surface area contributed by atoms with Gasteiger partial charge in [0.1, 0.15) is 4.21 Å². The minimum atomic E-state index is -3.60. The Morgan fingerprint density at radius 2 is 2.29 bits per heavy atom. The molecule has 0 atom stereocenters. The van der Waals surface area contributed by atoms with Gasteiger partial charge >= 0.3 is 0 Å². The zero-order chi connectivity index (χ0) is 15.5. The topological polar surface area (TPSA) is 99.2 Å². The Morgan fingerprint density at radius 3 is 2.90 bits per heavy atom. The number of nitrogens with zero attached hydrogens (tertiary/aromatic N) is 2. The van der Waals surface area contributed by atoms with E-state index < -0.39 is 10.0 Å². The lowest BCUT2D eigenvalue weighted by Crippen LogP contribution is -2.11. The largest absolute Gasteiger partial charge is 0.383 e. The van der Waals surface area contributed by atoms with Crippen LogP contribution in [0.4, 0.5) is 5.69 Å². The van der Waals surface area contributed by atoms with E-state index in [2.05, 4.69) is 9.82 Å². The predicted octanol–water partition coefficient (Wildman–Crippen LogP) is 1.16. The number of aryl methyl sites for hydroxylation is 1. The van der Waals surface area contributed by atoms with Crippen molar-refractivity contribution in [3.05, 3.63) is 28.9 Å². The Hall–Kier alpha value is -1.42. The lowest BCUT2D eigenvalue weighted by Gasteiger charge is -2.03. The number of rotatable bonds is 7. The molecule has 0 aliphatic heterocycles. The van der Waals surface area contributed by atoms with E-state index in [1.165, 1.54) is 17.5 Å². The lowest BCUT2D eigenvalue weighted by atomic mass is 10.3. The van der Waals surface area contributed by atoms with E-state index in [0.717, 1.165) is 10.4 Å². The zero-order valence-electron chi connectivity index (χ0n) is 11.9. The second-order valence-corrected chi connectivity index (χ2v) is 7.51. The second kappa shape index (κ2) is 6.56. The maximum atomic E-state index is 12.3. The van der Waals surface area contributed by atoms with Gasteiger partial charge in [0.2, 0.25) is 0 Å². The molecule has 0 amide bonds. The molecule has 0 aromatic carbocycles. The number of hydrogen-bond donors (Lipinski definition) is 2. The molecule has 2 aromatic rings. The first-order valence-corrected chi connectivity index (χ1v) is 8.60. The molecule has 0 aliphatic carbocycles. The SMILES string of the molecule is COCCn1cc(NS(=O)(=O)c2cc(C)c(CN)s2)cn1. The van der Waals surface area contributed by atoms with E-state index in [0.29, 0.717) is 25.4 Å². The number of thiophene rings is 1. The van der Waals surface area contributed by atoms with Gasteiger partial charge in [-0.15, -0.1) is 11.3 Å². The van der Waals surface area contributed by atoms with Gasteiger partial charge in [-0.25, -0.2) is 8.42 Å². The highest BCUT2D eigenvalue weighted by molar-refractivity contribution is 7.94. The monoisotopic (exact) mass is 330 g/mol. The van der Waals surface area contributed by atoms with Crippen molar-refractivity contribution in [1.82, 2.24) is 9.78 Å². The molecule has 7 nitrogen and oxygen atoms in total. The van der Waals surface area contributed by atoms with Crippen molar-refractivity contribution in [2.24, 2.45) is 5.73 Å². The summed E-state index contributed by atoms with van der Waals surface area (Å²) >= 11 is 1.18. The summed E-state index contributed by atoms with van der Waals surface area (Å²) in [7, 11) is -2.01. The summed E-state index contributed by atoms with van der Waals surface area (Å²) in [4.78, 5) is 0.867. The summed E-state index contributed by atoms with van der Waals surface area (Å²) in [5.74, 6) is 0. The molecule has 0 radical (unpaired) electrons. The highest BCUT2D eigenvalue weighted by Crippen LogP contribution is 2.27. The minimum absolute atomic E-state index is 0.255. The van der Waals surface area contributed by atoms with Crippen LogP contribution in [-0.4, -0.2) is 31.9 Å². The Bertz CT molecular complexity index is 706. The van der Waals surface area contributed by atoms with Gasteiger partial charge < -0.3 is 10.5 Å². The van der Waals surface area contributed by atoms with Gasteiger partial charge in [0.15, 0.2) is 0 Å². The van der Waals surface area contributed by atoms with E-state index in [4.69, 9.17) is 10.5 Å². The van der Waals surface area contributed by atoms with Crippen molar-refractivity contribution in [2.75, 3.05) is 18.4 Å². The molecular formula is C12H18N4O3S2. The molecule has 0 fully saturated rings. The Kier molecular flexibility index (Phi) is 4.99. The molecule has 2 aromatic heterocycles. The minimum Gasteiger partial charge on any atom is -0.383 e. The molecule has 3 N–H and O–H groups in total. The summed E-state index contributed by atoms with van der Waals surface area (Å²) in [6.45, 7) is 3.26. The van der Waals surface area contributed by atoms with Crippen LogP contribution in [0.3, 0.4) is 0 Å². The zero-order valence-corrected chi connectivity index (χ0v) is 13.5. The van der Waals surface area contributed by atoms with E-state index in [-0.39, 0.29) is 4.21 Å². The number of sulfonamides is 1. The van der Waals surface area contributed by atoms with Gasteiger partial charge in [0.25, 0.3) is 10.0 Å². The normalized spacial score (nSPS) is 11.8. The van der Waals surface area contributed by atoms with Crippen molar-refractivity contribution in [3.63, 3.8) is 0 Å². The molecule has 2 heterocycles. The third-order valence-corrected chi connectivity index (χ3v) is 5.97. The average molecular weight is 330 g/mol. The molecule has 0 spiro atoms. The van der Waals surface area contributed by atoms with E-state index in [1.807, 2.05) is 6.92 Å². The van der Waals surface area contributed by atoms with Crippen LogP contribution in [0.5, 0.6) is 0 Å². The number of anilines is 1. The highest BCUT2D eigenvalue weighted by Gasteiger charge is 2.19. The first-order valence-electron chi connectivity index (χ1n) is 6.30. The quantitative estimate of drug-likeness (QED) is 0.793. The van der Waals surface area contributed by atoms with Crippen molar-refractivity contribution >= 4 is 27.0 Å². The van der Waals surface area contributed by atoms with Crippen LogP contribution in [0.15, 0.2) is 22.7 Å². The van der Waals surface area contributed by atoms with Gasteiger partial charge in [-0.3, -0.25) is 9.40 Å². The maximum absolute atomic E-state index is 12.3. The van der Waals surface area contributed by atoms with Crippen molar-refractivity contribution in [3.8, 4) is 0 Å². The fourth-order valence-corrected chi connectivity index (χ4v) is 4.25. The summed E-state index contributed by atoms with van der Waals surface area (Å²) in [6, 6.07) is 1.63. The molecule has 21 heavy (non-hydrogen) atoms. The summed E-state index contributed by atoms with van der Waals surface area (Å²) in [5.41, 5.74) is 6.89. The maximum Gasteiger partial charge on any atom is 0.271 e. The second-order valence-electron chi connectivity index (χ2n) is 4.47. The van der Waals surface area contributed by atoms with Gasteiger partial charge in [-0.1, -0.05) is 0 Å². The molecule has 0 aliphatic rings. The van der Waals surface area contributed by atoms with Crippen LogP contribution in [0, 0.1) is 6.92 Å². The molecular weight excluding hydrogens is 312 g/mol. The van der Waals surface area contributed by atoms with Crippen molar-refractivity contribution in [1.29, 1.82) is 0 Å². The third-order valence-electron chi connectivity index (χ3n) is 2.86. The first kappa shape index (κ1) is 16.0. The molecule has 0 saturated carbocycles. The van der Waals surface area contributed by atoms with Crippen LogP contribution in [0.1, 0.15) is 10.4 Å². The fraction of sp³-hybridized carbons (Fsp3) is 0.417. The Labute approximate surface area is 127 Å². The van der Waals surface area contributed by atoms with Gasteiger partial charge in [-0.2, -0.15) is 5.10 Å². The van der Waals surface area contributed by atoms with Gasteiger partial charge in [-0.05, 0) is 18.6 Å². The van der Waals surface area contributed by atoms with Gasteiger partial charge in [0.05, 0.1) is 25.0 Å². The molecule has 0 unspecified atom stereocenters. The summed E-state index contributed by atoms with van der Waals surface area (Å²) < 4.78 is 33.9. The van der Waals surface area contributed by atoms with E-state index in [9.17, 15) is 8.42 Å². The van der Waals surface area contributed by atoms with Crippen molar-refractivity contribution < 1.29 is 13.2 Å². The number of ether oxygens (including phenoxy) is 1. The van der Waals surface area contributed by atoms with Crippen LogP contribution >= 0.6 is 11.3 Å². The van der Waals surface area contributed by atoms with Crippen molar-refractivity contribution in [2.45, 2.75) is 24.2 Å². The van der Waals surface area contributed by atoms with Crippen LogP contribution < -0.4 is 10.5 Å².